The molecule has 0 saturated carbocycles. The zero-order valence-corrected chi connectivity index (χ0v) is 10.4. The van der Waals surface area contributed by atoms with Crippen molar-refractivity contribution in [3.05, 3.63) is 17.3 Å². The molecule has 0 aliphatic heterocycles. The third-order valence-electron chi connectivity index (χ3n) is 2.10. The van der Waals surface area contributed by atoms with Crippen LogP contribution in [0.2, 0.25) is 0 Å². The fourth-order valence-corrected chi connectivity index (χ4v) is 1.36. The summed E-state index contributed by atoms with van der Waals surface area (Å²) in [6, 6.07) is 0. The number of hydrogen-bond donors (Lipinski definition) is 0. The van der Waals surface area contributed by atoms with Crippen molar-refractivity contribution in [1.82, 2.24) is 4.98 Å². The van der Waals surface area contributed by atoms with Crippen molar-refractivity contribution in [3.8, 4) is 11.6 Å². The quantitative estimate of drug-likeness (QED) is 0.633. The molecule has 0 fully saturated rings. The van der Waals surface area contributed by atoms with Gasteiger partial charge in [0.15, 0.2) is 11.3 Å². The van der Waals surface area contributed by atoms with Gasteiger partial charge in [-0.25, -0.2) is 9.78 Å². The Labute approximate surface area is 113 Å². The largest absolute Gasteiger partial charge is 0.573 e. The third kappa shape index (κ3) is 3.89. The maximum Gasteiger partial charge on any atom is 0.573 e. The Morgan fingerprint density at radius 1 is 1.14 bits per heavy atom. The van der Waals surface area contributed by atoms with Crippen LogP contribution in [0.4, 0.5) is 26.3 Å². The number of carbonyl (C=O) groups is 1. The van der Waals surface area contributed by atoms with Gasteiger partial charge in [0.1, 0.15) is 5.56 Å². The number of carbonyl (C=O) groups excluding carboxylic acids is 1. The number of alkyl halides is 6. The lowest BCUT2D eigenvalue weighted by molar-refractivity contribution is -0.276. The zero-order chi connectivity index (χ0) is 16.4. The van der Waals surface area contributed by atoms with Crippen LogP contribution in [-0.2, 0) is 10.9 Å². The van der Waals surface area contributed by atoms with E-state index in [0.29, 0.717) is 6.20 Å². The molecule has 1 aromatic heterocycles. The molecule has 0 spiro atoms. The molecule has 118 valence electrons. The molecule has 1 aromatic rings. The molecule has 0 amide bonds. The lowest BCUT2D eigenvalue weighted by Gasteiger charge is -2.19. The highest BCUT2D eigenvalue weighted by Crippen LogP contribution is 2.44. The number of pyridine rings is 1. The summed E-state index contributed by atoms with van der Waals surface area (Å²) in [5.41, 5.74) is -3.10. The van der Waals surface area contributed by atoms with Crippen LogP contribution in [-0.4, -0.2) is 31.5 Å². The van der Waals surface area contributed by atoms with E-state index in [2.05, 4.69) is 19.2 Å². The Bertz CT molecular complexity index is 540. The second-order valence-corrected chi connectivity index (χ2v) is 3.42. The number of nitrogens with zero attached hydrogens (tertiary/aromatic N) is 1. The lowest BCUT2D eigenvalue weighted by Crippen LogP contribution is -2.23. The zero-order valence-electron chi connectivity index (χ0n) is 10.4. The smallest absolute Gasteiger partial charge is 0.480 e. The van der Waals surface area contributed by atoms with Crippen LogP contribution >= 0.6 is 0 Å². The summed E-state index contributed by atoms with van der Waals surface area (Å²) >= 11 is 0. The van der Waals surface area contributed by atoms with Crippen LogP contribution in [0.25, 0.3) is 0 Å². The summed E-state index contributed by atoms with van der Waals surface area (Å²) in [4.78, 5) is 14.4. The molecule has 1 heterocycles. The number of esters is 1. The minimum absolute atomic E-state index is 0.432. The number of hydrogen-bond acceptors (Lipinski definition) is 5. The van der Waals surface area contributed by atoms with E-state index in [1.807, 2.05) is 0 Å². The van der Waals surface area contributed by atoms with Crippen LogP contribution in [0, 0.1) is 0 Å². The van der Waals surface area contributed by atoms with Crippen LogP contribution in [0.1, 0.15) is 15.9 Å². The average molecular weight is 319 g/mol. The highest BCUT2D eigenvalue weighted by Gasteiger charge is 2.45. The van der Waals surface area contributed by atoms with Crippen molar-refractivity contribution >= 4 is 5.97 Å². The van der Waals surface area contributed by atoms with Gasteiger partial charge in [0, 0.05) is 6.20 Å². The van der Waals surface area contributed by atoms with Gasteiger partial charge < -0.3 is 14.2 Å². The van der Waals surface area contributed by atoms with Gasteiger partial charge in [-0.05, 0) is 0 Å². The molecule has 0 N–H and O–H groups in total. The highest BCUT2D eigenvalue weighted by molar-refractivity contribution is 5.93. The van der Waals surface area contributed by atoms with Crippen molar-refractivity contribution in [3.63, 3.8) is 0 Å². The Morgan fingerprint density at radius 2 is 1.71 bits per heavy atom. The summed E-state index contributed by atoms with van der Waals surface area (Å²) in [6.07, 6.45) is -10.3. The first-order valence-electron chi connectivity index (χ1n) is 4.99. The number of ether oxygens (including phenoxy) is 3. The molecule has 0 radical (unpaired) electrons. The van der Waals surface area contributed by atoms with E-state index >= 15 is 0 Å². The normalized spacial score (nSPS) is 12.0. The molecule has 0 unspecified atom stereocenters. The van der Waals surface area contributed by atoms with E-state index in [1.165, 1.54) is 0 Å². The molecule has 0 aromatic carbocycles. The average Bonchev–Trinajstić information content (AvgIpc) is 2.33. The van der Waals surface area contributed by atoms with E-state index in [0.717, 1.165) is 14.2 Å². The van der Waals surface area contributed by atoms with Crippen LogP contribution in [0.15, 0.2) is 6.20 Å². The Kier molecular flexibility index (Phi) is 4.54. The van der Waals surface area contributed by atoms with E-state index in [9.17, 15) is 31.1 Å². The molecule has 5 nitrogen and oxygen atoms in total. The predicted octanol–water partition coefficient (Wildman–Crippen LogP) is 2.79. The van der Waals surface area contributed by atoms with Crippen LogP contribution in [0.3, 0.4) is 0 Å². The predicted molar refractivity (Wildman–Crippen MR) is 53.8 cm³/mol. The van der Waals surface area contributed by atoms with Crippen molar-refractivity contribution in [2.45, 2.75) is 12.5 Å². The first-order valence-corrected chi connectivity index (χ1v) is 4.99. The number of aromatic nitrogens is 1. The van der Waals surface area contributed by atoms with Gasteiger partial charge in [0.25, 0.3) is 0 Å². The SMILES string of the molecule is COC(=O)c1cnc(OC)c(C(F)(F)F)c1OC(F)(F)F. The Morgan fingerprint density at radius 3 is 2.10 bits per heavy atom. The minimum Gasteiger partial charge on any atom is -0.480 e. The van der Waals surface area contributed by atoms with Gasteiger partial charge in [0.2, 0.25) is 5.88 Å². The highest BCUT2D eigenvalue weighted by atomic mass is 19.4. The van der Waals surface area contributed by atoms with E-state index in [4.69, 9.17) is 0 Å². The van der Waals surface area contributed by atoms with Gasteiger partial charge in [-0.1, -0.05) is 0 Å². The Hall–Kier alpha value is -2.20. The standard InChI is InChI=1S/C10H7F6NO4/c1-19-7-5(9(11,12)13)6(21-10(14,15)16)4(3-17-7)8(18)20-2/h3H,1-2H3. The molecule has 0 atom stereocenters. The van der Waals surface area contributed by atoms with Crippen LogP contribution < -0.4 is 9.47 Å². The molecule has 0 saturated heterocycles. The topological polar surface area (TPSA) is 57.7 Å². The van der Waals surface area contributed by atoms with Gasteiger partial charge in [-0.2, -0.15) is 13.2 Å². The molecule has 1 rings (SSSR count). The molecule has 0 bridgehead atoms. The lowest BCUT2D eigenvalue weighted by atomic mass is 10.1. The molecular weight excluding hydrogens is 312 g/mol. The Balaban J connectivity index is 3.66. The number of methoxy groups -OCH3 is 2. The maximum atomic E-state index is 12.9. The molecule has 0 aliphatic rings. The summed E-state index contributed by atoms with van der Waals surface area (Å²) in [5.74, 6) is -4.43. The molecule has 0 aliphatic carbocycles. The molecule has 11 heteroatoms. The van der Waals surface area contributed by atoms with Gasteiger partial charge in [0.05, 0.1) is 14.2 Å². The second-order valence-electron chi connectivity index (χ2n) is 3.42. The van der Waals surface area contributed by atoms with E-state index in [1.54, 1.807) is 0 Å². The van der Waals surface area contributed by atoms with E-state index in [-0.39, 0.29) is 0 Å². The minimum atomic E-state index is -5.46. The van der Waals surface area contributed by atoms with Crippen LogP contribution in [0.5, 0.6) is 11.6 Å². The molecular formula is C10H7F6NO4. The second kappa shape index (κ2) is 5.66. The first kappa shape index (κ1) is 16.9. The van der Waals surface area contributed by atoms with Crippen molar-refractivity contribution in [1.29, 1.82) is 0 Å². The van der Waals surface area contributed by atoms with Crippen molar-refractivity contribution < 1.29 is 45.3 Å². The van der Waals surface area contributed by atoms with Gasteiger partial charge in [-0.15, -0.1) is 13.2 Å². The first-order chi connectivity index (χ1) is 9.51. The monoisotopic (exact) mass is 319 g/mol. The summed E-state index contributed by atoms with van der Waals surface area (Å²) in [7, 11) is 1.55. The summed E-state index contributed by atoms with van der Waals surface area (Å²) in [6.45, 7) is 0. The van der Waals surface area contributed by atoms with Gasteiger partial charge in [-0.3, -0.25) is 0 Å². The number of halogens is 6. The fraction of sp³-hybridized carbons (Fsp3) is 0.400. The van der Waals surface area contributed by atoms with Crippen molar-refractivity contribution in [2.24, 2.45) is 0 Å². The fourth-order valence-electron chi connectivity index (χ4n) is 1.36. The maximum absolute atomic E-state index is 12.9. The summed E-state index contributed by atoms with van der Waals surface area (Å²) in [5, 5.41) is 0. The third-order valence-corrected chi connectivity index (χ3v) is 2.10. The molecule has 21 heavy (non-hydrogen) atoms. The van der Waals surface area contributed by atoms with Gasteiger partial charge >= 0.3 is 18.5 Å². The van der Waals surface area contributed by atoms with Crippen molar-refractivity contribution in [2.75, 3.05) is 14.2 Å². The van der Waals surface area contributed by atoms with E-state index < -0.39 is 41.3 Å². The number of rotatable bonds is 3. The summed E-state index contributed by atoms with van der Waals surface area (Å²) < 4.78 is 87.2.